The largest absolute Gasteiger partial charge is 0.497 e. The van der Waals surface area contributed by atoms with E-state index in [-0.39, 0.29) is 18.9 Å². The summed E-state index contributed by atoms with van der Waals surface area (Å²) < 4.78 is 30.7. The third kappa shape index (κ3) is 5.99. The smallest absolute Gasteiger partial charge is 0.232 e. The van der Waals surface area contributed by atoms with Crippen molar-refractivity contribution in [2.24, 2.45) is 0 Å². The van der Waals surface area contributed by atoms with Gasteiger partial charge in [-0.1, -0.05) is 32.0 Å². The third-order valence-electron chi connectivity index (χ3n) is 4.14. The predicted molar refractivity (Wildman–Crippen MR) is 109 cm³/mol. The molecule has 1 amide bonds. The standard InChI is InChI=1S/C20H26N2O4S/c1-15(2)16-8-10-17(11-9-16)21-20(23)12-13-22(27(4,24)25)18-6-5-7-19(14-18)26-3/h5-11,14-15H,12-13H2,1-4H3,(H,21,23). The number of rotatable bonds is 8. The van der Waals surface area contributed by atoms with Gasteiger partial charge in [0.1, 0.15) is 5.75 Å². The van der Waals surface area contributed by atoms with Crippen LogP contribution in [-0.2, 0) is 14.8 Å². The summed E-state index contributed by atoms with van der Waals surface area (Å²) >= 11 is 0. The molecule has 0 bridgehead atoms. The lowest BCUT2D eigenvalue weighted by molar-refractivity contribution is -0.116. The first-order valence-electron chi connectivity index (χ1n) is 8.72. The molecule has 7 heteroatoms. The first kappa shape index (κ1) is 20.8. The van der Waals surface area contributed by atoms with Crippen LogP contribution in [0.4, 0.5) is 11.4 Å². The van der Waals surface area contributed by atoms with Gasteiger partial charge in [0.05, 0.1) is 19.1 Å². The quantitative estimate of drug-likeness (QED) is 0.747. The van der Waals surface area contributed by atoms with Gasteiger partial charge in [0.25, 0.3) is 0 Å². The molecule has 0 saturated carbocycles. The van der Waals surface area contributed by atoms with Crippen LogP contribution >= 0.6 is 0 Å². The zero-order chi connectivity index (χ0) is 20.0. The van der Waals surface area contributed by atoms with Crippen molar-refractivity contribution in [2.45, 2.75) is 26.2 Å². The first-order valence-corrected chi connectivity index (χ1v) is 10.6. The van der Waals surface area contributed by atoms with Gasteiger partial charge in [-0.3, -0.25) is 9.10 Å². The number of nitrogens with zero attached hydrogens (tertiary/aromatic N) is 1. The second-order valence-electron chi connectivity index (χ2n) is 6.61. The summed E-state index contributed by atoms with van der Waals surface area (Å²) in [7, 11) is -2.01. The molecule has 0 heterocycles. The maximum atomic E-state index is 12.3. The number of ether oxygens (including phenoxy) is 1. The lowest BCUT2D eigenvalue weighted by Crippen LogP contribution is -2.33. The number of carbonyl (C=O) groups is 1. The highest BCUT2D eigenvalue weighted by atomic mass is 32.2. The third-order valence-corrected chi connectivity index (χ3v) is 5.34. The molecule has 0 aliphatic heterocycles. The van der Waals surface area contributed by atoms with E-state index in [4.69, 9.17) is 4.74 Å². The van der Waals surface area contributed by atoms with Gasteiger partial charge in [0, 0.05) is 24.7 Å². The molecular weight excluding hydrogens is 364 g/mol. The molecule has 146 valence electrons. The highest BCUT2D eigenvalue weighted by Crippen LogP contribution is 2.23. The molecular formula is C20H26N2O4S. The van der Waals surface area contributed by atoms with Crippen LogP contribution in [0, 0.1) is 0 Å². The van der Waals surface area contributed by atoms with Gasteiger partial charge < -0.3 is 10.1 Å². The van der Waals surface area contributed by atoms with Crippen LogP contribution in [0.15, 0.2) is 48.5 Å². The molecule has 0 aliphatic rings. The highest BCUT2D eigenvalue weighted by molar-refractivity contribution is 7.92. The summed E-state index contributed by atoms with van der Waals surface area (Å²) in [5, 5.41) is 2.80. The molecule has 0 saturated heterocycles. The van der Waals surface area contributed by atoms with Crippen molar-refractivity contribution in [2.75, 3.05) is 29.5 Å². The molecule has 0 spiro atoms. The predicted octanol–water partition coefficient (Wildman–Crippen LogP) is 3.61. The van der Waals surface area contributed by atoms with Crippen molar-refractivity contribution in [1.29, 1.82) is 0 Å². The first-order chi connectivity index (χ1) is 12.7. The Morgan fingerprint density at radius 3 is 2.37 bits per heavy atom. The van der Waals surface area contributed by atoms with E-state index in [1.54, 1.807) is 24.3 Å². The van der Waals surface area contributed by atoms with Crippen LogP contribution < -0.4 is 14.4 Å². The van der Waals surface area contributed by atoms with Crippen molar-refractivity contribution in [3.05, 3.63) is 54.1 Å². The van der Waals surface area contributed by atoms with Gasteiger partial charge in [0.2, 0.25) is 15.9 Å². The van der Waals surface area contributed by atoms with Crippen LogP contribution in [0.3, 0.4) is 0 Å². The normalized spacial score (nSPS) is 11.3. The van der Waals surface area contributed by atoms with Gasteiger partial charge in [-0.2, -0.15) is 0 Å². The molecule has 0 unspecified atom stereocenters. The maximum absolute atomic E-state index is 12.3. The number of hydrogen-bond acceptors (Lipinski definition) is 4. The van der Waals surface area contributed by atoms with E-state index < -0.39 is 10.0 Å². The SMILES string of the molecule is COc1cccc(N(CCC(=O)Nc2ccc(C(C)C)cc2)S(C)(=O)=O)c1. The molecule has 27 heavy (non-hydrogen) atoms. The minimum absolute atomic E-state index is 0.0379. The zero-order valence-corrected chi connectivity index (χ0v) is 16.9. The average molecular weight is 391 g/mol. The fourth-order valence-corrected chi connectivity index (χ4v) is 3.55. The number of methoxy groups -OCH3 is 1. The van der Waals surface area contributed by atoms with Gasteiger partial charge in [-0.25, -0.2) is 8.42 Å². The lowest BCUT2D eigenvalue weighted by Gasteiger charge is -2.22. The van der Waals surface area contributed by atoms with E-state index in [9.17, 15) is 13.2 Å². The van der Waals surface area contributed by atoms with Crippen molar-refractivity contribution >= 4 is 27.3 Å². The topological polar surface area (TPSA) is 75.7 Å². The molecule has 0 aromatic heterocycles. The molecule has 2 rings (SSSR count). The Labute approximate surface area is 161 Å². The molecule has 2 aromatic carbocycles. The number of anilines is 2. The van der Waals surface area contributed by atoms with E-state index >= 15 is 0 Å². The molecule has 6 nitrogen and oxygen atoms in total. The van der Waals surface area contributed by atoms with E-state index in [1.807, 2.05) is 24.3 Å². The summed E-state index contributed by atoms with van der Waals surface area (Å²) in [6.07, 6.45) is 1.16. The summed E-state index contributed by atoms with van der Waals surface area (Å²) in [6.45, 7) is 4.25. The molecule has 0 radical (unpaired) electrons. The van der Waals surface area contributed by atoms with Gasteiger partial charge in [-0.05, 0) is 35.7 Å². The Bertz CT molecular complexity index is 877. The molecule has 2 aromatic rings. The van der Waals surface area contributed by atoms with E-state index in [1.165, 1.54) is 17.0 Å². The highest BCUT2D eigenvalue weighted by Gasteiger charge is 2.19. The Hall–Kier alpha value is -2.54. The van der Waals surface area contributed by atoms with Crippen molar-refractivity contribution < 1.29 is 17.9 Å². The van der Waals surface area contributed by atoms with E-state index in [0.29, 0.717) is 23.0 Å². The van der Waals surface area contributed by atoms with Crippen molar-refractivity contribution in [1.82, 2.24) is 0 Å². The summed E-state index contributed by atoms with van der Waals surface area (Å²) in [5.41, 5.74) is 2.34. The van der Waals surface area contributed by atoms with Gasteiger partial charge >= 0.3 is 0 Å². The Morgan fingerprint density at radius 1 is 1.15 bits per heavy atom. The zero-order valence-electron chi connectivity index (χ0n) is 16.1. The van der Waals surface area contributed by atoms with Crippen LogP contribution in [0.25, 0.3) is 0 Å². The number of carbonyl (C=O) groups excluding carboxylic acids is 1. The van der Waals surface area contributed by atoms with Crippen molar-refractivity contribution in [3.8, 4) is 5.75 Å². The van der Waals surface area contributed by atoms with E-state index in [0.717, 1.165) is 6.26 Å². The summed E-state index contributed by atoms with van der Waals surface area (Å²) in [6, 6.07) is 14.4. The summed E-state index contributed by atoms with van der Waals surface area (Å²) in [5.74, 6) is 0.723. The number of hydrogen-bond donors (Lipinski definition) is 1. The minimum Gasteiger partial charge on any atom is -0.497 e. The summed E-state index contributed by atoms with van der Waals surface area (Å²) in [4.78, 5) is 12.3. The van der Waals surface area contributed by atoms with Crippen LogP contribution in [0.5, 0.6) is 5.75 Å². The van der Waals surface area contributed by atoms with Crippen molar-refractivity contribution in [3.63, 3.8) is 0 Å². The number of amides is 1. The second-order valence-corrected chi connectivity index (χ2v) is 8.52. The second kappa shape index (κ2) is 8.90. The molecule has 1 N–H and O–H groups in total. The van der Waals surface area contributed by atoms with Crippen LogP contribution in [-0.4, -0.2) is 34.2 Å². The number of benzene rings is 2. The van der Waals surface area contributed by atoms with Crippen LogP contribution in [0.2, 0.25) is 0 Å². The molecule has 0 atom stereocenters. The van der Waals surface area contributed by atoms with E-state index in [2.05, 4.69) is 19.2 Å². The molecule has 0 fully saturated rings. The minimum atomic E-state index is -3.53. The lowest BCUT2D eigenvalue weighted by atomic mass is 10.0. The van der Waals surface area contributed by atoms with Gasteiger partial charge in [-0.15, -0.1) is 0 Å². The monoisotopic (exact) mass is 390 g/mol. The Kier molecular flexibility index (Phi) is 6.85. The molecule has 0 aliphatic carbocycles. The number of nitrogens with one attached hydrogen (secondary N) is 1. The Balaban J connectivity index is 2.05. The Morgan fingerprint density at radius 2 is 1.81 bits per heavy atom. The number of sulfonamides is 1. The maximum Gasteiger partial charge on any atom is 0.232 e. The van der Waals surface area contributed by atoms with Crippen LogP contribution in [0.1, 0.15) is 31.7 Å². The fourth-order valence-electron chi connectivity index (χ4n) is 2.63. The fraction of sp³-hybridized carbons (Fsp3) is 0.350. The average Bonchev–Trinajstić information content (AvgIpc) is 2.61. The van der Waals surface area contributed by atoms with Gasteiger partial charge in [0.15, 0.2) is 0 Å².